The van der Waals surface area contributed by atoms with Gasteiger partial charge < -0.3 is 15.6 Å². The molecular weight excluding hydrogens is 338 g/mol. The fourth-order valence-electron chi connectivity index (χ4n) is 2.75. The number of para-hydroxylation sites is 1. The molecular formula is C18H18ClN5O. The number of halogens is 1. The molecule has 1 saturated carbocycles. The van der Waals surface area contributed by atoms with Crippen LogP contribution in [0.15, 0.2) is 41.3 Å². The zero-order valence-corrected chi connectivity index (χ0v) is 14.5. The Morgan fingerprint density at radius 2 is 2.16 bits per heavy atom. The van der Waals surface area contributed by atoms with Gasteiger partial charge in [0.25, 0.3) is 5.56 Å². The van der Waals surface area contributed by atoms with Gasteiger partial charge in [0.1, 0.15) is 5.82 Å². The summed E-state index contributed by atoms with van der Waals surface area (Å²) in [7, 11) is 0. The van der Waals surface area contributed by atoms with Crippen molar-refractivity contribution < 1.29 is 0 Å². The van der Waals surface area contributed by atoms with Gasteiger partial charge in [0.2, 0.25) is 5.95 Å². The molecule has 3 N–H and O–H groups in total. The van der Waals surface area contributed by atoms with Crippen LogP contribution < -0.4 is 16.2 Å². The summed E-state index contributed by atoms with van der Waals surface area (Å²) in [6.45, 7) is 1.91. The van der Waals surface area contributed by atoms with Crippen molar-refractivity contribution >= 4 is 34.3 Å². The molecule has 0 amide bonds. The Bertz CT molecular complexity index is 983. The van der Waals surface area contributed by atoms with Crippen LogP contribution in [0.1, 0.15) is 31.4 Å². The summed E-state index contributed by atoms with van der Waals surface area (Å²) in [5, 5.41) is 7.96. The number of anilines is 2. The summed E-state index contributed by atoms with van der Waals surface area (Å²) in [5.74, 6) is 1.29. The van der Waals surface area contributed by atoms with Gasteiger partial charge in [-0.2, -0.15) is 4.98 Å². The lowest BCUT2D eigenvalue weighted by molar-refractivity contribution is 0.844. The highest BCUT2D eigenvalue weighted by Crippen LogP contribution is 2.25. The average Bonchev–Trinajstić information content (AvgIpc) is 3.39. The Kier molecular flexibility index (Phi) is 4.05. The van der Waals surface area contributed by atoms with Gasteiger partial charge in [0.15, 0.2) is 0 Å². The van der Waals surface area contributed by atoms with E-state index in [1.807, 2.05) is 31.2 Å². The van der Waals surface area contributed by atoms with Crippen molar-refractivity contribution in [3.05, 3.63) is 57.5 Å². The highest BCUT2D eigenvalue weighted by Gasteiger charge is 2.21. The van der Waals surface area contributed by atoms with E-state index in [0.717, 1.165) is 11.2 Å². The second-order valence-electron chi connectivity index (χ2n) is 6.31. The zero-order chi connectivity index (χ0) is 17.4. The van der Waals surface area contributed by atoms with E-state index >= 15 is 0 Å². The lowest BCUT2D eigenvalue weighted by Crippen LogP contribution is -2.20. The molecule has 1 aliphatic carbocycles. The first-order chi connectivity index (χ1) is 12.1. The number of rotatable bonds is 5. The Morgan fingerprint density at radius 3 is 2.96 bits per heavy atom. The van der Waals surface area contributed by atoms with Crippen molar-refractivity contribution in [2.75, 3.05) is 10.6 Å². The number of nitrogens with one attached hydrogen (secondary N) is 3. The molecule has 2 heterocycles. The third-order valence-electron chi connectivity index (χ3n) is 4.25. The summed E-state index contributed by atoms with van der Waals surface area (Å²) in [6.07, 6.45) is 4.06. The number of fused-ring (bicyclic) bond motifs is 1. The molecule has 2 aromatic heterocycles. The summed E-state index contributed by atoms with van der Waals surface area (Å²) >= 11 is 6.14. The van der Waals surface area contributed by atoms with Crippen LogP contribution in [0.4, 0.5) is 11.8 Å². The van der Waals surface area contributed by atoms with Crippen molar-refractivity contribution in [3.8, 4) is 0 Å². The molecule has 1 fully saturated rings. The third kappa shape index (κ3) is 3.44. The summed E-state index contributed by atoms with van der Waals surface area (Å²) < 4.78 is 0. The fourth-order valence-corrected chi connectivity index (χ4v) is 2.98. The van der Waals surface area contributed by atoms with E-state index in [4.69, 9.17) is 11.6 Å². The minimum atomic E-state index is -0.247. The molecule has 6 nitrogen and oxygen atoms in total. The molecule has 7 heteroatoms. The Morgan fingerprint density at radius 1 is 1.32 bits per heavy atom. The van der Waals surface area contributed by atoms with Crippen LogP contribution in [0.25, 0.3) is 10.9 Å². The van der Waals surface area contributed by atoms with Crippen LogP contribution >= 0.6 is 11.6 Å². The predicted octanol–water partition coefficient (Wildman–Crippen LogP) is 3.72. The predicted molar refractivity (Wildman–Crippen MR) is 100 cm³/mol. The van der Waals surface area contributed by atoms with Crippen LogP contribution in [0, 0.1) is 0 Å². The maximum Gasteiger partial charge on any atom is 0.253 e. The lowest BCUT2D eigenvalue weighted by atomic mass is 10.1. The zero-order valence-electron chi connectivity index (χ0n) is 13.7. The Labute approximate surface area is 149 Å². The minimum absolute atomic E-state index is 0.173. The van der Waals surface area contributed by atoms with Gasteiger partial charge in [-0.1, -0.05) is 23.7 Å². The van der Waals surface area contributed by atoms with Gasteiger partial charge in [0.05, 0.1) is 16.6 Å². The molecule has 25 heavy (non-hydrogen) atoms. The van der Waals surface area contributed by atoms with Gasteiger partial charge in [-0.05, 0) is 38.0 Å². The van der Waals surface area contributed by atoms with Crippen LogP contribution in [0.2, 0.25) is 5.02 Å². The van der Waals surface area contributed by atoms with E-state index in [2.05, 4.69) is 25.6 Å². The van der Waals surface area contributed by atoms with Gasteiger partial charge >= 0.3 is 0 Å². The molecule has 3 aromatic rings. The number of benzene rings is 1. The molecule has 0 saturated heterocycles. The first-order valence-electron chi connectivity index (χ1n) is 8.28. The molecule has 4 rings (SSSR count). The van der Waals surface area contributed by atoms with Crippen molar-refractivity contribution in [1.82, 2.24) is 15.0 Å². The molecule has 1 aliphatic rings. The van der Waals surface area contributed by atoms with E-state index in [-0.39, 0.29) is 11.6 Å². The van der Waals surface area contributed by atoms with Gasteiger partial charge in [-0.25, -0.2) is 4.98 Å². The van der Waals surface area contributed by atoms with Crippen LogP contribution in [0.3, 0.4) is 0 Å². The van der Waals surface area contributed by atoms with Crippen molar-refractivity contribution in [2.45, 2.75) is 31.8 Å². The van der Waals surface area contributed by atoms with Crippen molar-refractivity contribution in [1.29, 1.82) is 0 Å². The first-order valence-corrected chi connectivity index (χ1v) is 8.65. The lowest BCUT2D eigenvalue weighted by Gasteiger charge is -2.15. The number of hydrogen-bond donors (Lipinski definition) is 3. The summed E-state index contributed by atoms with van der Waals surface area (Å²) in [4.78, 5) is 24.0. The topological polar surface area (TPSA) is 82.7 Å². The second kappa shape index (κ2) is 6.37. The number of H-pyrrole nitrogens is 1. The maximum atomic E-state index is 12.4. The van der Waals surface area contributed by atoms with Crippen LogP contribution in [0.5, 0.6) is 0 Å². The SMILES string of the molecule is C[C@H](Nc1nccc(NC2CC2)n1)c1cc2cccc(Cl)c2[nH]c1=O. The number of aromatic amines is 1. The first kappa shape index (κ1) is 15.9. The molecule has 0 spiro atoms. The maximum absolute atomic E-state index is 12.4. The van der Waals surface area contributed by atoms with Gasteiger partial charge in [-0.3, -0.25) is 4.79 Å². The quantitative estimate of drug-likeness (QED) is 0.649. The molecule has 128 valence electrons. The fraction of sp³-hybridized carbons (Fsp3) is 0.278. The smallest absolute Gasteiger partial charge is 0.253 e. The molecule has 1 aromatic carbocycles. The largest absolute Gasteiger partial charge is 0.367 e. The van der Waals surface area contributed by atoms with Crippen LogP contribution in [-0.2, 0) is 0 Å². The van der Waals surface area contributed by atoms with E-state index in [1.54, 1.807) is 12.3 Å². The number of pyridine rings is 1. The third-order valence-corrected chi connectivity index (χ3v) is 4.57. The molecule has 0 radical (unpaired) electrons. The summed E-state index contributed by atoms with van der Waals surface area (Å²) in [6, 6.07) is 9.51. The van der Waals surface area contributed by atoms with Crippen LogP contribution in [-0.4, -0.2) is 21.0 Å². The number of aromatic nitrogens is 3. The Balaban J connectivity index is 1.60. The average molecular weight is 356 g/mol. The van der Waals surface area contributed by atoms with E-state index in [1.165, 1.54) is 12.8 Å². The van der Waals surface area contributed by atoms with E-state index in [0.29, 0.717) is 28.1 Å². The monoisotopic (exact) mass is 355 g/mol. The second-order valence-corrected chi connectivity index (χ2v) is 6.72. The van der Waals surface area contributed by atoms with Gasteiger partial charge in [0, 0.05) is 23.2 Å². The van der Waals surface area contributed by atoms with E-state index in [9.17, 15) is 4.79 Å². The standard InChI is InChI=1S/C18H18ClN5O/c1-10(21-18-20-8-7-15(23-18)22-12-5-6-12)13-9-11-3-2-4-14(19)16(11)24-17(13)25/h2-4,7-10,12H,5-6H2,1H3,(H,24,25)(H2,20,21,22,23)/t10-/m0/s1. The minimum Gasteiger partial charge on any atom is -0.367 e. The molecule has 1 atom stereocenters. The molecule has 0 bridgehead atoms. The highest BCUT2D eigenvalue weighted by atomic mass is 35.5. The van der Waals surface area contributed by atoms with Crippen molar-refractivity contribution in [2.24, 2.45) is 0 Å². The number of nitrogens with zero attached hydrogens (tertiary/aromatic N) is 2. The number of hydrogen-bond acceptors (Lipinski definition) is 5. The van der Waals surface area contributed by atoms with Gasteiger partial charge in [-0.15, -0.1) is 0 Å². The summed E-state index contributed by atoms with van der Waals surface area (Å²) in [5.41, 5.74) is 1.09. The Hall–Kier alpha value is -2.60. The molecule has 0 aliphatic heterocycles. The molecule has 0 unspecified atom stereocenters. The van der Waals surface area contributed by atoms with Crippen molar-refractivity contribution in [3.63, 3.8) is 0 Å². The van der Waals surface area contributed by atoms with E-state index < -0.39 is 0 Å². The normalized spacial score (nSPS) is 15.1. The highest BCUT2D eigenvalue weighted by molar-refractivity contribution is 6.35.